The van der Waals surface area contributed by atoms with Crippen LogP contribution < -0.4 is 16.6 Å². The summed E-state index contributed by atoms with van der Waals surface area (Å²) in [5.74, 6) is 6.15. The highest BCUT2D eigenvalue weighted by molar-refractivity contribution is 5.86. The lowest BCUT2D eigenvalue weighted by atomic mass is 9.98. The minimum absolute atomic E-state index is 0.0555. The van der Waals surface area contributed by atoms with Crippen LogP contribution in [0.15, 0.2) is 18.3 Å². The molecule has 1 fully saturated rings. The number of aromatic nitrogens is 1. The molecule has 2 rings (SSSR count). The van der Waals surface area contributed by atoms with Gasteiger partial charge in [-0.25, -0.2) is 10.8 Å². The average molecular weight is 249 g/mol. The predicted molar refractivity (Wildman–Crippen MR) is 69.5 cm³/mol. The Kier molecular flexibility index (Phi) is 3.49. The van der Waals surface area contributed by atoms with E-state index in [9.17, 15) is 4.79 Å². The van der Waals surface area contributed by atoms with Gasteiger partial charge in [-0.05, 0) is 19.9 Å². The maximum atomic E-state index is 11.9. The summed E-state index contributed by atoms with van der Waals surface area (Å²) in [5, 5.41) is 2.88. The minimum Gasteiger partial charge on any atom is -0.353 e. The van der Waals surface area contributed by atoms with Crippen molar-refractivity contribution in [3.8, 4) is 0 Å². The van der Waals surface area contributed by atoms with E-state index in [0.29, 0.717) is 18.9 Å². The number of nitrogens with zero attached hydrogens (tertiary/aromatic N) is 2. The number of nitrogens with two attached hydrogens (primary N) is 1. The van der Waals surface area contributed by atoms with Gasteiger partial charge >= 0.3 is 0 Å². The molecule has 0 aliphatic carbocycles. The van der Waals surface area contributed by atoms with Crippen molar-refractivity contribution >= 4 is 11.7 Å². The van der Waals surface area contributed by atoms with E-state index < -0.39 is 5.54 Å². The number of carbonyl (C=O) groups is 1. The number of carbonyl (C=O) groups excluding carboxylic acids is 1. The van der Waals surface area contributed by atoms with Crippen molar-refractivity contribution in [1.82, 2.24) is 15.2 Å². The number of nitrogens with one attached hydrogen (secondary N) is 2. The van der Waals surface area contributed by atoms with Gasteiger partial charge in [-0.1, -0.05) is 6.07 Å². The second-order valence-corrected chi connectivity index (χ2v) is 4.89. The van der Waals surface area contributed by atoms with Gasteiger partial charge in [-0.2, -0.15) is 0 Å². The third-order valence-electron chi connectivity index (χ3n) is 3.40. The highest BCUT2D eigenvalue weighted by atomic mass is 16.2. The zero-order valence-electron chi connectivity index (χ0n) is 10.7. The third kappa shape index (κ3) is 2.30. The lowest BCUT2D eigenvalue weighted by Gasteiger charge is -2.41. The molecule has 0 bridgehead atoms. The molecule has 6 heteroatoms. The van der Waals surface area contributed by atoms with Crippen LogP contribution in [0, 0.1) is 0 Å². The summed E-state index contributed by atoms with van der Waals surface area (Å²) in [5.41, 5.74) is 3.06. The number of pyridine rings is 1. The number of hydrogen-bond acceptors (Lipinski definition) is 5. The minimum atomic E-state index is -0.514. The molecule has 0 saturated carbocycles. The molecule has 4 N–H and O–H groups in total. The first-order valence-corrected chi connectivity index (χ1v) is 5.99. The van der Waals surface area contributed by atoms with Crippen molar-refractivity contribution in [3.63, 3.8) is 0 Å². The van der Waals surface area contributed by atoms with Crippen molar-refractivity contribution in [1.29, 1.82) is 0 Å². The molecular formula is C12H19N5O. The van der Waals surface area contributed by atoms with Gasteiger partial charge in [0.25, 0.3) is 0 Å². The zero-order chi connectivity index (χ0) is 13.2. The van der Waals surface area contributed by atoms with Gasteiger partial charge in [0.2, 0.25) is 5.91 Å². The quantitative estimate of drug-likeness (QED) is 0.522. The van der Waals surface area contributed by atoms with E-state index in [0.717, 1.165) is 12.1 Å². The number of rotatable bonds is 3. The van der Waals surface area contributed by atoms with E-state index in [4.69, 9.17) is 5.84 Å². The number of anilines is 1. The molecule has 98 valence electrons. The highest BCUT2D eigenvalue weighted by Gasteiger charge is 2.37. The van der Waals surface area contributed by atoms with Crippen LogP contribution in [0.25, 0.3) is 0 Å². The summed E-state index contributed by atoms with van der Waals surface area (Å²) in [4.78, 5) is 18.2. The van der Waals surface area contributed by atoms with Crippen LogP contribution in [0.2, 0.25) is 0 Å². The molecule has 0 unspecified atom stereocenters. The van der Waals surface area contributed by atoms with E-state index in [-0.39, 0.29) is 5.91 Å². The Hall–Kier alpha value is -1.66. The van der Waals surface area contributed by atoms with E-state index in [1.165, 1.54) is 0 Å². The smallest absolute Gasteiger partial charge is 0.240 e. The molecule has 18 heavy (non-hydrogen) atoms. The molecule has 1 amide bonds. The van der Waals surface area contributed by atoms with Gasteiger partial charge in [-0.15, -0.1) is 0 Å². The molecule has 6 nitrogen and oxygen atoms in total. The number of nitrogen functional groups attached to an aromatic ring is 1. The molecule has 1 aliphatic heterocycles. The first kappa shape index (κ1) is 12.8. The van der Waals surface area contributed by atoms with Crippen molar-refractivity contribution in [3.05, 3.63) is 23.9 Å². The molecule has 0 radical (unpaired) electrons. The maximum absolute atomic E-state index is 11.9. The van der Waals surface area contributed by atoms with Gasteiger partial charge < -0.3 is 10.7 Å². The van der Waals surface area contributed by atoms with Gasteiger partial charge in [0.1, 0.15) is 5.82 Å². The highest BCUT2D eigenvalue weighted by Crippen LogP contribution is 2.22. The Morgan fingerprint density at radius 3 is 3.11 bits per heavy atom. The summed E-state index contributed by atoms with van der Waals surface area (Å²) in [6.45, 7) is 5.99. The van der Waals surface area contributed by atoms with Crippen LogP contribution in [0.4, 0.5) is 5.82 Å². The Bertz CT molecular complexity index is 446. The summed E-state index contributed by atoms with van der Waals surface area (Å²) in [7, 11) is 0. The Morgan fingerprint density at radius 1 is 1.61 bits per heavy atom. The lowest BCUT2D eigenvalue weighted by molar-refractivity contribution is -0.135. The summed E-state index contributed by atoms with van der Waals surface area (Å²) >= 11 is 0. The molecule has 1 aromatic rings. The van der Waals surface area contributed by atoms with Crippen LogP contribution >= 0.6 is 0 Å². The standard InChI is InChI=1S/C12H19N5O/c1-12(2)11(18)15-6-7-17(12)8-9-4-3-5-14-10(9)16-13/h3-5H,6-8,13H2,1-2H3,(H,14,16)(H,15,18). The van der Waals surface area contributed by atoms with Crippen LogP contribution in [-0.4, -0.2) is 34.4 Å². The van der Waals surface area contributed by atoms with Crippen LogP contribution in [-0.2, 0) is 11.3 Å². The maximum Gasteiger partial charge on any atom is 0.240 e. The first-order valence-electron chi connectivity index (χ1n) is 5.99. The number of hydrogen-bond donors (Lipinski definition) is 3. The zero-order valence-corrected chi connectivity index (χ0v) is 10.7. The van der Waals surface area contributed by atoms with Crippen molar-refractivity contribution < 1.29 is 4.79 Å². The van der Waals surface area contributed by atoms with Crippen LogP contribution in [0.1, 0.15) is 19.4 Å². The fourth-order valence-electron chi connectivity index (χ4n) is 2.12. The fourth-order valence-corrected chi connectivity index (χ4v) is 2.12. The van der Waals surface area contributed by atoms with Crippen LogP contribution in [0.3, 0.4) is 0 Å². The summed E-state index contributed by atoms with van der Waals surface area (Å²) in [6, 6.07) is 3.83. The lowest BCUT2D eigenvalue weighted by Crippen LogP contribution is -2.61. The van der Waals surface area contributed by atoms with Gasteiger partial charge in [0, 0.05) is 31.4 Å². The largest absolute Gasteiger partial charge is 0.353 e. The molecule has 0 atom stereocenters. The normalized spacial score (nSPS) is 19.4. The van der Waals surface area contributed by atoms with E-state index in [2.05, 4.69) is 20.6 Å². The molecule has 1 aromatic heterocycles. The van der Waals surface area contributed by atoms with Gasteiger partial charge in [0.15, 0.2) is 0 Å². The van der Waals surface area contributed by atoms with E-state index >= 15 is 0 Å². The third-order valence-corrected chi connectivity index (χ3v) is 3.40. The number of hydrazine groups is 1. The Balaban J connectivity index is 2.20. The van der Waals surface area contributed by atoms with Gasteiger partial charge in [0.05, 0.1) is 5.54 Å². The molecule has 0 aromatic carbocycles. The second-order valence-electron chi connectivity index (χ2n) is 4.89. The molecule has 1 aliphatic rings. The molecular weight excluding hydrogens is 230 g/mol. The van der Waals surface area contributed by atoms with Crippen molar-refractivity contribution in [2.75, 3.05) is 18.5 Å². The number of piperazine rings is 1. The van der Waals surface area contributed by atoms with Crippen molar-refractivity contribution in [2.24, 2.45) is 5.84 Å². The van der Waals surface area contributed by atoms with Crippen molar-refractivity contribution in [2.45, 2.75) is 25.9 Å². The topological polar surface area (TPSA) is 83.3 Å². The van der Waals surface area contributed by atoms with Crippen LogP contribution in [0.5, 0.6) is 0 Å². The summed E-state index contributed by atoms with van der Waals surface area (Å²) in [6.07, 6.45) is 1.69. The Labute approximate surface area is 107 Å². The fraction of sp³-hybridized carbons (Fsp3) is 0.500. The van der Waals surface area contributed by atoms with Gasteiger partial charge in [-0.3, -0.25) is 9.69 Å². The summed E-state index contributed by atoms with van der Waals surface area (Å²) < 4.78 is 0. The second kappa shape index (κ2) is 4.91. The SMILES string of the molecule is CC1(C)C(=O)NCCN1Cc1cccnc1NN. The van der Waals surface area contributed by atoms with E-state index in [1.54, 1.807) is 6.20 Å². The Morgan fingerprint density at radius 2 is 2.39 bits per heavy atom. The monoisotopic (exact) mass is 249 g/mol. The van der Waals surface area contributed by atoms with E-state index in [1.807, 2.05) is 26.0 Å². The number of amides is 1. The molecule has 1 saturated heterocycles. The first-order chi connectivity index (χ1) is 8.55. The predicted octanol–water partition coefficient (Wildman–Crippen LogP) is 0.0776. The molecule has 0 spiro atoms. The molecule has 2 heterocycles. The average Bonchev–Trinajstić information content (AvgIpc) is 2.36.